The van der Waals surface area contributed by atoms with Crippen molar-refractivity contribution in [2.75, 3.05) is 13.1 Å². The molecule has 2 aliphatic rings. The van der Waals surface area contributed by atoms with Gasteiger partial charge in [-0.25, -0.2) is 0 Å². The van der Waals surface area contributed by atoms with Gasteiger partial charge in [0.05, 0.1) is 5.69 Å². The van der Waals surface area contributed by atoms with E-state index in [1.54, 1.807) is 0 Å². The number of hydrogen-bond donors (Lipinski definition) is 1. The predicted molar refractivity (Wildman–Crippen MR) is 79.5 cm³/mol. The highest BCUT2D eigenvalue weighted by molar-refractivity contribution is 9.11. The van der Waals surface area contributed by atoms with Gasteiger partial charge in [-0.2, -0.15) is 0 Å². The molecule has 18 heavy (non-hydrogen) atoms. The zero-order valence-electron chi connectivity index (χ0n) is 10.2. The molecule has 2 fully saturated rings. The van der Waals surface area contributed by atoms with E-state index in [0.29, 0.717) is 6.04 Å². The van der Waals surface area contributed by atoms with Crippen molar-refractivity contribution in [1.82, 2.24) is 15.2 Å². The topological polar surface area (TPSA) is 28.2 Å². The first-order chi connectivity index (χ1) is 8.70. The quantitative estimate of drug-likeness (QED) is 0.862. The van der Waals surface area contributed by atoms with E-state index in [4.69, 9.17) is 0 Å². The molecule has 0 radical (unpaired) electrons. The summed E-state index contributed by atoms with van der Waals surface area (Å²) in [6, 6.07) is 3.51. The van der Waals surface area contributed by atoms with Crippen molar-refractivity contribution < 1.29 is 0 Å². The Hall–Kier alpha value is 0.0300. The van der Waals surface area contributed by atoms with Crippen molar-refractivity contribution in [3.8, 4) is 0 Å². The number of fused-ring (bicyclic) bond motifs is 2. The van der Waals surface area contributed by atoms with E-state index >= 15 is 0 Å². The molecule has 2 atom stereocenters. The van der Waals surface area contributed by atoms with Crippen LogP contribution in [-0.2, 0) is 6.54 Å². The van der Waals surface area contributed by atoms with E-state index in [-0.39, 0.29) is 0 Å². The van der Waals surface area contributed by atoms with Crippen molar-refractivity contribution >= 4 is 31.9 Å². The lowest BCUT2D eigenvalue weighted by molar-refractivity contribution is 0.247. The zero-order valence-corrected chi connectivity index (χ0v) is 13.4. The number of aromatic nitrogens is 1. The van der Waals surface area contributed by atoms with Gasteiger partial charge in [0.15, 0.2) is 0 Å². The average Bonchev–Trinajstić information content (AvgIpc) is 2.66. The Morgan fingerprint density at radius 3 is 2.94 bits per heavy atom. The molecule has 0 spiro atoms. The van der Waals surface area contributed by atoms with Crippen molar-refractivity contribution in [3.63, 3.8) is 0 Å². The number of nitrogens with one attached hydrogen (secondary N) is 1. The van der Waals surface area contributed by atoms with Gasteiger partial charge in [-0.1, -0.05) is 0 Å². The number of likely N-dealkylation sites (tertiary alicyclic amines) is 1. The Labute approximate surface area is 125 Å². The third kappa shape index (κ3) is 2.95. The van der Waals surface area contributed by atoms with E-state index in [9.17, 15) is 0 Å². The highest BCUT2D eigenvalue weighted by atomic mass is 79.9. The first-order valence-corrected chi connectivity index (χ1v) is 8.07. The van der Waals surface area contributed by atoms with Gasteiger partial charge in [0.2, 0.25) is 0 Å². The van der Waals surface area contributed by atoms with Gasteiger partial charge in [-0.05, 0) is 57.2 Å². The third-order valence-corrected chi connectivity index (χ3v) is 4.99. The van der Waals surface area contributed by atoms with Crippen LogP contribution in [0.3, 0.4) is 0 Å². The maximum absolute atomic E-state index is 4.51. The van der Waals surface area contributed by atoms with E-state index in [2.05, 4.69) is 53.1 Å². The molecule has 98 valence electrons. The molecule has 2 aliphatic heterocycles. The van der Waals surface area contributed by atoms with Crippen LogP contribution in [0.15, 0.2) is 21.2 Å². The molecular formula is C13H17Br2N3. The number of rotatable bonds is 2. The second-order valence-corrected chi connectivity index (χ2v) is 7.01. The van der Waals surface area contributed by atoms with E-state index in [0.717, 1.165) is 33.8 Å². The lowest BCUT2D eigenvalue weighted by atomic mass is 10.1. The van der Waals surface area contributed by atoms with Gasteiger partial charge in [-0.15, -0.1) is 0 Å². The molecule has 2 bridgehead atoms. The summed E-state index contributed by atoms with van der Waals surface area (Å²) in [7, 11) is 0. The van der Waals surface area contributed by atoms with Gasteiger partial charge in [0.25, 0.3) is 0 Å². The highest BCUT2D eigenvalue weighted by Crippen LogP contribution is 2.24. The van der Waals surface area contributed by atoms with Crippen molar-refractivity contribution in [1.29, 1.82) is 0 Å². The highest BCUT2D eigenvalue weighted by Gasteiger charge is 2.29. The smallest absolute Gasteiger partial charge is 0.0686 e. The summed E-state index contributed by atoms with van der Waals surface area (Å²) in [5.41, 5.74) is 1.14. The van der Waals surface area contributed by atoms with Crippen LogP contribution in [-0.4, -0.2) is 35.1 Å². The van der Waals surface area contributed by atoms with Crippen LogP contribution in [0.4, 0.5) is 0 Å². The Bertz CT molecular complexity index is 438. The standard InChI is InChI=1S/C13H17Br2N3/c14-9-5-12(15)13(16-6-9)8-18-4-3-10-1-2-11(7-18)17-10/h5-6,10-11,17H,1-4,7-8H2. The second-order valence-electron chi connectivity index (χ2n) is 5.24. The van der Waals surface area contributed by atoms with Gasteiger partial charge in [0, 0.05) is 46.9 Å². The molecule has 3 nitrogen and oxygen atoms in total. The molecule has 1 aromatic heterocycles. The molecule has 0 amide bonds. The summed E-state index contributed by atoms with van der Waals surface area (Å²) in [5.74, 6) is 0. The van der Waals surface area contributed by atoms with Crippen molar-refractivity contribution in [2.24, 2.45) is 0 Å². The van der Waals surface area contributed by atoms with Crippen LogP contribution in [0.5, 0.6) is 0 Å². The molecule has 2 saturated heterocycles. The first kappa shape index (κ1) is 13.0. The Morgan fingerprint density at radius 1 is 1.28 bits per heavy atom. The third-order valence-electron chi connectivity index (χ3n) is 3.86. The molecule has 3 heterocycles. The average molecular weight is 375 g/mol. The lowest BCUT2D eigenvalue weighted by Gasteiger charge is -2.23. The number of nitrogens with zero attached hydrogens (tertiary/aromatic N) is 2. The Morgan fingerprint density at radius 2 is 2.11 bits per heavy atom. The van der Waals surface area contributed by atoms with Crippen LogP contribution < -0.4 is 5.32 Å². The van der Waals surface area contributed by atoms with Gasteiger partial charge in [0.1, 0.15) is 0 Å². The summed E-state index contributed by atoms with van der Waals surface area (Å²) in [6.45, 7) is 3.28. The number of halogens is 2. The molecule has 0 saturated carbocycles. The molecule has 5 heteroatoms. The fourth-order valence-corrected chi connectivity index (χ4v) is 4.04. The summed E-state index contributed by atoms with van der Waals surface area (Å²) < 4.78 is 2.12. The minimum absolute atomic E-state index is 0.687. The second kappa shape index (κ2) is 5.57. The summed E-state index contributed by atoms with van der Waals surface area (Å²) in [4.78, 5) is 7.03. The Balaban J connectivity index is 1.68. The van der Waals surface area contributed by atoms with Crippen molar-refractivity contribution in [2.45, 2.75) is 37.9 Å². The van der Waals surface area contributed by atoms with Crippen LogP contribution in [0.25, 0.3) is 0 Å². The molecule has 0 aliphatic carbocycles. The minimum Gasteiger partial charge on any atom is -0.310 e. The lowest BCUT2D eigenvalue weighted by Crippen LogP contribution is -2.35. The molecule has 2 unspecified atom stereocenters. The maximum Gasteiger partial charge on any atom is 0.0686 e. The summed E-state index contributed by atoms with van der Waals surface area (Å²) in [5, 5.41) is 3.71. The maximum atomic E-state index is 4.51. The van der Waals surface area contributed by atoms with Gasteiger partial charge in [-0.3, -0.25) is 9.88 Å². The normalized spacial score (nSPS) is 28.3. The SMILES string of the molecule is Brc1cnc(CN2CCC3CCC(C2)N3)c(Br)c1. The fourth-order valence-electron chi connectivity index (χ4n) is 2.93. The molecule has 3 rings (SSSR count). The van der Waals surface area contributed by atoms with Crippen LogP contribution >= 0.6 is 31.9 Å². The van der Waals surface area contributed by atoms with E-state index < -0.39 is 0 Å². The van der Waals surface area contributed by atoms with Crippen molar-refractivity contribution in [3.05, 3.63) is 26.9 Å². The molecule has 0 aromatic carbocycles. The molecular weight excluding hydrogens is 358 g/mol. The fraction of sp³-hybridized carbons (Fsp3) is 0.615. The summed E-state index contributed by atoms with van der Waals surface area (Å²) in [6.07, 6.45) is 5.84. The summed E-state index contributed by atoms with van der Waals surface area (Å²) >= 11 is 7.04. The van der Waals surface area contributed by atoms with E-state index in [1.807, 2.05) is 6.20 Å². The first-order valence-electron chi connectivity index (χ1n) is 6.49. The molecule has 1 aromatic rings. The monoisotopic (exact) mass is 373 g/mol. The zero-order chi connectivity index (χ0) is 12.5. The van der Waals surface area contributed by atoms with Crippen LogP contribution in [0.1, 0.15) is 25.0 Å². The predicted octanol–water partition coefficient (Wildman–Crippen LogP) is 2.93. The molecule has 1 N–H and O–H groups in total. The van der Waals surface area contributed by atoms with Crippen LogP contribution in [0.2, 0.25) is 0 Å². The van der Waals surface area contributed by atoms with Gasteiger partial charge >= 0.3 is 0 Å². The van der Waals surface area contributed by atoms with Crippen LogP contribution in [0, 0.1) is 0 Å². The number of hydrogen-bond acceptors (Lipinski definition) is 3. The van der Waals surface area contributed by atoms with E-state index in [1.165, 1.54) is 25.8 Å². The minimum atomic E-state index is 0.687. The number of pyridine rings is 1. The largest absolute Gasteiger partial charge is 0.310 e. The Kier molecular flexibility index (Phi) is 4.03. The van der Waals surface area contributed by atoms with Gasteiger partial charge < -0.3 is 5.32 Å².